The van der Waals surface area contributed by atoms with Crippen molar-refractivity contribution in [3.63, 3.8) is 0 Å². The molecule has 1 aromatic carbocycles. The molecular formula is C22H22N8O4. The highest BCUT2D eigenvalue weighted by atomic mass is 16.6. The minimum Gasteiger partial charge on any atom is -0.462 e. The van der Waals surface area contributed by atoms with Crippen LogP contribution < -0.4 is 16.4 Å². The third kappa shape index (κ3) is 4.85. The fourth-order valence-electron chi connectivity index (χ4n) is 3.27. The predicted molar refractivity (Wildman–Crippen MR) is 127 cm³/mol. The van der Waals surface area contributed by atoms with E-state index in [1.807, 2.05) is 22.6 Å². The summed E-state index contributed by atoms with van der Waals surface area (Å²) in [5, 5.41) is 17.2. The Morgan fingerprint density at radius 2 is 1.91 bits per heavy atom. The SMILES string of the molecule is CCOC(=O)c1ccc(-c2cc3nccn3c(NCCNc3ccc([N+](=O)[O-])c(N)n3)n2)cc1. The molecule has 0 saturated carbocycles. The van der Waals surface area contributed by atoms with E-state index in [1.54, 1.807) is 31.5 Å². The maximum absolute atomic E-state index is 11.9. The molecule has 0 spiro atoms. The zero-order chi connectivity index (χ0) is 24.1. The van der Waals surface area contributed by atoms with Gasteiger partial charge in [0, 0.05) is 43.2 Å². The van der Waals surface area contributed by atoms with E-state index in [1.165, 1.54) is 12.1 Å². The van der Waals surface area contributed by atoms with Crippen LogP contribution >= 0.6 is 0 Å². The van der Waals surface area contributed by atoms with Gasteiger partial charge in [-0.15, -0.1) is 0 Å². The van der Waals surface area contributed by atoms with Gasteiger partial charge in [-0.2, -0.15) is 0 Å². The highest BCUT2D eigenvalue weighted by molar-refractivity contribution is 5.90. The molecule has 12 heteroatoms. The Morgan fingerprint density at radius 1 is 1.15 bits per heavy atom. The molecule has 0 bridgehead atoms. The second-order valence-electron chi connectivity index (χ2n) is 7.13. The van der Waals surface area contributed by atoms with Gasteiger partial charge < -0.3 is 21.1 Å². The number of benzene rings is 1. The van der Waals surface area contributed by atoms with Crippen LogP contribution in [0.1, 0.15) is 17.3 Å². The predicted octanol–water partition coefficient (Wildman–Crippen LogP) is 2.98. The molecule has 0 amide bonds. The summed E-state index contributed by atoms with van der Waals surface area (Å²) in [5.74, 6) is 0.495. The van der Waals surface area contributed by atoms with Crippen LogP contribution in [0, 0.1) is 10.1 Å². The van der Waals surface area contributed by atoms with Crippen molar-refractivity contribution in [1.29, 1.82) is 0 Å². The number of ether oxygens (including phenoxy) is 1. The first-order chi connectivity index (χ1) is 16.5. The molecule has 0 aliphatic heterocycles. The van der Waals surface area contributed by atoms with Crippen LogP contribution in [0.3, 0.4) is 0 Å². The first kappa shape index (κ1) is 22.5. The number of carbonyl (C=O) groups excluding carboxylic acids is 1. The Morgan fingerprint density at radius 3 is 2.62 bits per heavy atom. The highest BCUT2D eigenvalue weighted by Crippen LogP contribution is 2.23. The van der Waals surface area contributed by atoms with Crippen LogP contribution in [0.15, 0.2) is 54.9 Å². The number of nitrogens with two attached hydrogens (primary N) is 1. The van der Waals surface area contributed by atoms with Gasteiger partial charge in [-0.25, -0.2) is 19.7 Å². The highest BCUT2D eigenvalue weighted by Gasteiger charge is 2.13. The standard InChI is InChI=1S/C22H22N8O4/c1-2-34-21(31)15-5-3-14(4-6-15)16-13-19-25-11-12-29(19)22(27-16)26-10-9-24-18-8-7-17(30(32)33)20(23)28-18/h3-8,11-13H,2,9-10H2,1H3,(H,26,27)(H3,23,24,28). The molecule has 0 aliphatic carbocycles. The summed E-state index contributed by atoms with van der Waals surface area (Å²) in [6.45, 7) is 3.01. The smallest absolute Gasteiger partial charge is 0.338 e. The number of carbonyl (C=O) groups is 1. The largest absolute Gasteiger partial charge is 0.462 e. The first-order valence-electron chi connectivity index (χ1n) is 10.5. The lowest BCUT2D eigenvalue weighted by atomic mass is 10.1. The number of hydrogen-bond acceptors (Lipinski definition) is 10. The summed E-state index contributed by atoms with van der Waals surface area (Å²) >= 11 is 0. The Kier molecular flexibility index (Phi) is 6.48. The maximum atomic E-state index is 11.9. The van der Waals surface area contributed by atoms with Gasteiger partial charge in [0.05, 0.1) is 22.8 Å². The van der Waals surface area contributed by atoms with Crippen molar-refractivity contribution in [2.75, 3.05) is 36.1 Å². The van der Waals surface area contributed by atoms with E-state index in [-0.39, 0.29) is 17.5 Å². The second kappa shape index (κ2) is 9.81. The molecule has 0 unspecified atom stereocenters. The number of esters is 1. The Labute approximate surface area is 194 Å². The molecule has 0 atom stereocenters. The lowest BCUT2D eigenvalue weighted by Crippen LogP contribution is -2.17. The molecule has 4 N–H and O–H groups in total. The molecule has 174 valence electrons. The summed E-state index contributed by atoms with van der Waals surface area (Å²) in [4.78, 5) is 35.2. The fourth-order valence-corrected chi connectivity index (χ4v) is 3.27. The first-order valence-corrected chi connectivity index (χ1v) is 10.5. The number of nitro groups is 1. The molecular weight excluding hydrogens is 440 g/mol. The molecule has 3 aromatic heterocycles. The van der Waals surface area contributed by atoms with Crippen molar-refractivity contribution in [2.45, 2.75) is 6.92 Å². The molecule has 0 saturated heterocycles. The summed E-state index contributed by atoms with van der Waals surface area (Å²) in [6.07, 6.45) is 3.47. The number of pyridine rings is 1. The van der Waals surface area contributed by atoms with Gasteiger partial charge in [-0.1, -0.05) is 12.1 Å². The van der Waals surface area contributed by atoms with Crippen molar-refractivity contribution in [3.8, 4) is 11.3 Å². The molecule has 4 aromatic rings. The number of aromatic nitrogens is 4. The minimum absolute atomic E-state index is 0.147. The average Bonchev–Trinajstić information content (AvgIpc) is 3.31. The van der Waals surface area contributed by atoms with E-state index in [0.29, 0.717) is 48.4 Å². The molecule has 0 radical (unpaired) electrons. The van der Waals surface area contributed by atoms with Crippen molar-refractivity contribution in [2.24, 2.45) is 0 Å². The summed E-state index contributed by atoms with van der Waals surface area (Å²) in [7, 11) is 0. The lowest BCUT2D eigenvalue weighted by molar-refractivity contribution is -0.384. The van der Waals surface area contributed by atoms with Gasteiger partial charge in [-0.05, 0) is 25.1 Å². The van der Waals surface area contributed by atoms with Crippen molar-refractivity contribution in [3.05, 3.63) is 70.5 Å². The van der Waals surface area contributed by atoms with Gasteiger partial charge in [-0.3, -0.25) is 14.5 Å². The van der Waals surface area contributed by atoms with Gasteiger partial charge in [0.1, 0.15) is 11.5 Å². The Balaban J connectivity index is 1.46. The Bertz CT molecular complexity index is 1340. The van der Waals surface area contributed by atoms with Crippen molar-refractivity contribution in [1.82, 2.24) is 19.4 Å². The van der Waals surface area contributed by atoms with E-state index in [4.69, 9.17) is 15.5 Å². The zero-order valence-electron chi connectivity index (χ0n) is 18.3. The van der Waals surface area contributed by atoms with Crippen LogP contribution in [0.4, 0.5) is 23.3 Å². The molecule has 4 rings (SSSR count). The molecule has 12 nitrogen and oxygen atoms in total. The van der Waals surface area contributed by atoms with Crippen LogP contribution in [0.25, 0.3) is 16.9 Å². The number of nitrogens with zero attached hydrogens (tertiary/aromatic N) is 5. The van der Waals surface area contributed by atoms with Crippen LogP contribution in [-0.2, 0) is 4.74 Å². The topological polar surface area (TPSA) is 163 Å². The number of hydrogen-bond donors (Lipinski definition) is 3. The summed E-state index contributed by atoms with van der Waals surface area (Å²) in [5.41, 5.74) is 8.08. The summed E-state index contributed by atoms with van der Waals surface area (Å²) < 4.78 is 6.84. The zero-order valence-corrected chi connectivity index (χ0v) is 18.3. The minimum atomic E-state index is -0.576. The monoisotopic (exact) mass is 462 g/mol. The quantitative estimate of drug-likeness (QED) is 0.146. The normalized spacial score (nSPS) is 10.7. The molecule has 3 heterocycles. The van der Waals surface area contributed by atoms with Gasteiger partial charge in [0.15, 0.2) is 0 Å². The number of rotatable bonds is 9. The van der Waals surface area contributed by atoms with Gasteiger partial charge >= 0.3 is 11.7 Å². The maximum Gasteiger partial charge on any atom is 0.338 e. The number of anilines is 3. The van der Waals surface area contributed by atoms with Crippen LogP contribution in [0.2, 0.25) is 0 Å². The number of fused-ring (bicyclic) bond motifs is 1. The van der Waals surface area contributed by atoms with Crippen molar-refractivity contribution < 1.29 is 14.5 Å². The van der Waals surface area contributed by atoms with E-state index in [2.05, 4.69) is 20.6 Å². The van der Waals surface area contributed by atoms with E-state index in [0.717, 1.165) is 5.56 Å². The number of nitrogens with one attached hydrogen (secondary N) is 2. The van der Waals surface area contributed by atoms with Crippen molar-refractivity contribution >= 4 is 34.9 Å². The fraction of sp³-hybridized carbons (Fsp3) is 0.182. The third-order valence-electron chi connectivity index (χ3n) is 4.89. The Hall–Kier alpha value is -4.74. The van der Waals surface area contributed by atoms with Gasteiger partial charge in [0.2, 0.25) is 11.8 Å². The van der Waals surface area contributed by atoms with E-state index < -0.39 is 4.92 Å². The van der Waals surface area contributed by atoms with Crippen LogP contribution in [0.5, 0.6) is 0 Å². The molecule has 0 fully saturated rings. The number of imidazole rings is 1. The molecule has 34 heavy (non-hydrogen) atoms. The van der Waals surface area contributed by atoms with E-state index >= 15 is 0 Å². The van der Waals surface area contributed by atoms with Gasteiger partial charge in [0.25, 0.3) is 0 Å². The van der Waals surface area contributed by atoms with E-state index in [9.17, 15) is 14.9 Å². The third-order valence-corrected chi connectivity index (χ3v) is 4.89. The second-order valence-corrected chi connectivity index (χ2v) is 7.13. The molecule has 0 aliphatic rings. The number of nitrogen functional groups attached to an aromatic ring is 1. The van der Waals surface area contributed by atoms with Crippen LogP contribution in [-0.4, -0.2) is 49.9 Å². The lowest BCUT2D eigenvalue weighted by Gasteiger charge is -2.12. The summed E-state index contributed by atoms with van der Waals surface area (Å²) in [6, 6.07) is 11.7. The average molecular weight is 462 g/mol.